The number of rotatable bonds is 8. The van der Waals surface area contributed by atoms with E-state index in [9.17, 15) is 19.2 Å². The van der Waals surface area contributed by atoms with Gasteiger partial charge in [-0.3, -0.25) is 19.3 Å². The summed E-state index contributed by atoms with van der Waals surface area (Å²) in [5.41, 5.74) is 1.24. The van der Waals surface area contributed by atoms with Crippen molar-refractivity contribution in [1.29, 1.82) is 0 Å². The van der Waals surface area contributed by atoms with Crippen molar-refractivity contribution >= 4 is 23.8 Å². The van der Waals surface area contributed by atoms with Crippen LogP contribution in [0.3, 0.4) is 0 Å². The van der Waals surface area contributed by atoms with Crippen LogP contribution >= 0.6 is 0 Å². The molecular weight excluding hydrogens is 422 g/mol. The molecule has 1 saturated carbocycles. The number of ether oxygens (including phenoxy) is 1. The summed E-state index contributed by atoms with van der Waals surface area (Å²) in [5.74, 6) is -0.864. The van der Waals surface area contributed by atoms with Gasteiger partial charge in [-0.05, 0) is 49.5 Å². The van der Waals surface area contributed by atoms with Gasteiger partial charge in [-0.1, -0.05) is 50.6 Å². The fraction of sp³-hybridized carbons (Fsp3) is 0.600. The zero-order chi connectivity index (χ0) is 24.2. The summed E-state index contributed by atoms with van der Waals surface area (Å²) in [6, 6.07) is 7.47. The molecule has 1 aromatic rings. The summed E-state index contributed by atoms with van der Waals surface area (Å²) in [6.45, 7) is 8.00. The molecule has 0 radical (unpaired) electrons. The molecular formula is C25H35N3O5. The lowest BCUT2D eigenvalue weighted by Crippen LogP contribution is -2.54. The molecule has 1 aromatic carbocycles. The highest BCUT2D eigenvalue weighted by Gasteiger charge is 2.56. The van der Waals surface area contributed by atoms with Gasteiger partial charge in [0.25, 0.3) is 5.91 Å². The Morgan fingerprint density at radius 3 is 2.55 bits per heavy atom. The molecule has 0 aromatic heterocycles. The molecule has 4 amide bonds. The number of hydrogen-bond donors (Lipinski definition) is 2. The number of hydrogen-bond acceptors (Lipinski definition) is 5. The van der Waals surface area contributed by atoms with Gasteiger partial charge in [0.1, 0.15) is 18.7 Å². The van der Waals surface area contributed by atoms with Gasteiger partial charge in [-0.15, -0.1) is 0 Å². The average Bonchev–Trinajstić information content (AvgIpc) is 2.92. The standard InChI is InChI=1S/C25H35N3O5/c1-17-5-7-19(8-6-17)9-10-20(29)26-11-12-33-21(30)15-28-22(31)25(27-23(28)32)14-18(2)13-24(3,4)16-25/h5-8,18H,9-16H2,1-4H3,(H,26,29)(H,27,32). The number of aryl methyl sites for hydroxylation is 2. The lowest BCUT2D eigenvalue weighted by molar-refractivity contribution is -0.148. The van der Waals surface area contributed by atoms with Crippen LogP contribution in [0, 0.1) is 18.3 Å². The Kier molecular flexibility index (Phi) is 7.44. The van der Waals surface area contributed by atoms with Crippen molar-refractivity contribution in [3.05, 3.63) is 35.4 Å². The highest BCUT2D eigenvalue weighted by Crippen LogP contribution is 2.46. The number of amides is 4. The molecule has 180 valence electrons. The number of urea groups is 1. The normalized spacial score (nSPS) is 24.0. The Hall–Kier alpha value is -2.90. The summed E-state index contributed by atoms with van der Waals surface area (Å²) >= 11 is 0. The van der Waals surface area contributed by atoms with E-state index in [1.54, 1.807) is 0 Å². The zero-order valence-electron chi connectivity index (χ0n) is 20.0. The monoisotopic (exact) mass is 457 g/mol. The molecule has 2 unspecified atom stereocenters. The van der Waals surface area contributed by atoms with E-state index < -0.39 is 24.1 Å². The van der Waals surface area contributed by atoms with Crippen molar-refractivity contribution in [2.75, 3.05) is 19.7 Å². The van der Waals surface area contributed by atoms with Crippen LogP contribution in [-0.4, -0.2) is 54.0 Å². The molecule has 2 aliphatic rings. The Balaban J connectivity index is 1.40. The zero-order valence-corrected chi connectivity index (χ0v) is 20.0. The minimum atomic E-state index is -0.941. The second-order valence-electron chi connectivity index (χ2n) is 10.3. The van der Waals surface area contributed by atoms with E-state index in [1.807, 2.05) is 31.2 Å². The molecule has 2 N–H and O–H groups in total. The molecule has 3 rings (SSSR count). The first-order valence-electron chi connectivity index (χ1n) is 11.6. The number of nitrogens with zero attached hydrogens (tertiary/aromatic N) is 1. The van der Waals surface area contributed by atoms with E-state index in [1.165, 1.54) is 5.56 Å². The second-order valence-corrected chi connectivity index (χ2v) is 10.3. The van der Waals surface area contributed by atoms with E-state index >= 15 is 0 Å². The quantitative estimate of drug-likeness (QED) is 0.355. The molecule has 8 nitrogen and oxygen atoms in total. The van der Waals surface area contributed by atoms with Crippen LogP contribution in [0.15, 0.2) is 24.3 Å². The van der Waals surface area contributed by atoms with Crippen LogP contribution in [0.1, 0.15) is 57.6 Å². The molecule has 0 bridgehead atoms. The molecule has 33 heavy (non-hydrogen) atoms. The van der Waals surface area contributed by atoms with Gasteiger partial charge in [-0.25, -0.2) is 4.79 Å². The van der Waals surface area contributed by atoms with Gasteiger partial charge in [0.05, 0.1) is 6.54 Å². The summed E-state index contributed by atoms with van der Waals surface area (Å²) in [4.78, 5) is 50.7. The number of esters is 1. The van der Waals surface area contributed by atoms with Gasteiger partial charge in [-0.2, -0.15) is 0 Å². The third kappa shape index (κ3) is 6.33. The third-order valence-corrected chi connectivity index (χ3v) is 6.36. The largest absolute Gasteiger partial charge is 0.462 e. The minimum absolute atomic E-state index is 0.0199. The van der Waals surface area contributed by atoms with Gasteiger partial charge in [0, 0.05) is 6.42 Å². The van der Waals surface area contributed by atoms with Crippen LogP contribution in [-0.2, 0) is 25.5 Å². The highest BCUT2D eigenvalue weighted by atomic mass is 16.5. The summed E-state index contributed by atoms with van der Waals surface area (Å²) < 4.78 is 5.14. The summed E-state index contributed by atoms with van der Waals surface area (Å²) in [6.07, 6.45) is 3.08. The second kappa shape index (κ2) is 9.93. The summed E-state index contributed by atoms with van der Waals surface area (Å²) in [5, 5.41) is 5.56. The first-order chi connectivity index (χ1) is 15.5. The number of carbonyl (C=O) groups is 4. The fourth-order valence-corrected chi connectivity index (χ4v) is 5.28. The van der Waals surface area contributed by atoms with Crippen LogP contribution < -0.4 is 10.6 Å². The molecule has 2 fully saturated rings. The molecule has 8 heteroatoms. The smallest absolute Gasteiger partial charge is 0.326 e. The molecule has 1 spiro atoms. The van der Waals surface area contributed by atoms with Crippen molar-refractivity contribution < 1.29 is 23.9 Å². The Morgan fingerprint density at radius 2 is 1.88 bits per heavy atom. The predicted molar refractivity (Wildman–Crippen MR) is 123 cm³/mol. The molecule has 2 atom stereocenters. The van der Waals surface area contributed by atoms with Gasteiger partial charge in [0.2, 0.25) is 5.91 Å². The summed E-state index contributed by atoms with van der Waals surface area (Å²) in [7, 11) is 0. The van der Waals surface area contributed by atoms with Crippen LogP contribution in [0.4, 0.5) is 4.79 Å². The minimum Gasteiger partial charge on any atom is -0.462 e. The Morgan fingerprint density at radius 1 is 1.18 bits per heavy atom. The maximum absolute atomic E-state index is 13.1. The van der Waals surface area contributed by atoms with E-state index in [0.717, 1.165) is 16.9 Å². The number of imide groups is 1. The Labute approximate surface area is 195 Å². The van der Waals surface area contributed by atoms with E-state index in [0.29, 0.717) is 31.6 Å². The third-order valence-electron chi connectivity index (χ3n) is 6.36. The van der Waals surface area contributed by atoms with Crippen molar-refractivity contribution in [1.82, 2.24) is 15.5 Å². The topological polar surface area (TPSA) is 105 Å². The van der Waals surface area contributed by atoms with E-state index in [4.69, 9.17) is 4.74 Å². The Bertz CT molecular complexity index is 911. The maximum Gasteiger partial charge on any atom is 0.326 e. The predicted octanol–water partition coefficient (Wildman–Crippen LogP) is 2.72. The maximum atomic E-state index is 13.1. The number of nitrogens with one attached hydrogen (secondary N) is 2. The number of benzene rings is 1. The number of carbonyl (C=O) groups excluding carboxylic acids is 4. The molecule has 1 heterocycles. The van der Waals surface area contributed by atoms with Crippen LogP contribution in [0.25, 0.3) is 0 Å². The van der Waals surface area contributed by atoms with Crippen LogP contribution in [0.2, 0.25) is 0 Å². The first kappa shape index (κ1) is 24.7. The molecule has 1 saturated heterocycles. The van der Waals surface area contributed by atoms with Crippen molar-refractivity contribution in [3.63, 3.8) is 0 Å². The van der Waals surface area contributed by atoms with E-state index in [-0.39, 0.29) is 30.4 Å². The van der Waals surface area contributed by atoms with Crippen molar-refractivity contribution in [2.24, 2.45) is 11.3 Å². The van der Waals surface area contributed by atoms with E-state index in [2.05, 4.69) is 31.4 Å². The lowest BCUT2D eigenvalue weighted by Gasteiger charge is -2.43. The lowest BCUT2D eigenvalue weighted by atomic mass is 9.64. The van der Waals surface area contributed by atoms with Crippen molar-refractivity contribution in [3.8, 4) is 0 Å². The fourth-order valence-electron chi connectivity index (χ4n) is 5.28. The first-order valence-corrected chi connectivity index (χ1v) is 11.6. The van der Waals surface area contributed by atoms with Crippen LogP contribution in [0.5, 0.6) is 0 Å². The average molecular weight is 458 g/mol. The van der Waals surface area contributed by atoms with Gasteiger partial charge in [0.15, 0.2) is 0 Å². The van der Waals surface area contributed by atoms with Gasteiger partial charge < -0.3 is 15.4 Å². The highest BCUT2D eigenvalue weighted by molar-refractivity contribution is 6.08. The SMILES string of the molecule is Cc1ccc(CCC(=O)NCCOC(=O)CN2C(=O)NC3(CC(C)CC(C)(C)C3)C2=O)cc1. The molecule has 1 aliphatic heterocycles. The van der Waals surface area contributed by atoms with Crippen molar-refractivity contribution in [2.45, 2.75) is 65.3 Å². The molecule has 1 aliphatic carbocycles. The van der Waals surface area contributed by atoms with Gasteiger partial charge >= 0.3 is 12.0 Å².